The van der Waals surface area contributed by atoms with E-state index in [9.17, 15) is 23.4 Å². The van der Waals surface area contributed by atoms with Crippen molar-refractivity contribution in [3.8, 4) is 0 Å². The van der Waals surface area contributed by atoms with Crippen LogP contribution in [0.15, 0.2) is 52.7 Å². The zero-order valence-corrected chi connectivity index (χ0v) is 21.9. The van der Waals surface area contributed by atoms with E-state index < -0.39 is 35.2 Å². The molecule has 3 rings (SSSR count). The molecule has 2 heterocycles. The Hall–Kier alpha value is -2.26. The smallest absolute Gasteiger partial charge is 0.333 e. The number of carbonyl (C=O) groups excluding carboxylic acids is 1. The van der Waals surface area contributed by atoms with Gasteiger partial charge in [-0.2, -0.15) is 8.42 Å². The fourth-order valence-corrected chi connectivity index (χ4v) is 5.01. The summed E-state index contributed by atoms with van der Waals surface area (Å²) in [6.45, 7) is 1.27. The Bertz CT molecular complexity index is 1270. The molecule has 13 heteroatoms. The van der Waals surface area contributed by atoms with Crippen molar-refractivity contribution in [3.63, 3.8) is 0 Å². The van der Waals surface area contributed by atoms with Crippen molar-refractivity contribution < 1.29 is 27.6 Å². The normalized spacial score (nSPS) is 14.3. The molecular formula is C22H25BrN4O6S2. The number of nitrogens with zero attached hydrogens (tertiary/aromatic N) is 2. The monoisotopic (exact) mass is 584 g/mol. The Labute approximate surface area is 215 Å². The summed E-state index contributed by atoms with van der Waals surface area (Å²) < 4.78 is 27.6. The van der Waals surface area contributed by atoms with Crippen LogP contribution in [-0.4, -0.2) is 53.3 Å². The van der Waals surface area contributed by atoms with Crippen LogP contribution in [0.3, 0.4) is 0 Å². The number of aliphatic hydroxyl groups excluding tert-OH is 2. The van der Waals surface area contributed by atoms with E-state index in [0.717, 1.165) is 15.6 Å². The van der Waals surface area contributed by atoms with Crippen LogP contribution in [-0.2, 0) is 20.9 Å². The van der Waals surface area contributed by atoms with Gasteiger partial charge in [0, 0.05) is 16.6 Å². The zero-order chi connectivity index (χ0) is 25.6. The minimum Gasteiger partial charge on any atom is -0.388 e. The van der Waals surface area contributed by atoms with Crippen LogP contribution in [0.4, 0.5) is 5.82 Å². The molecule has 0 aliphatic carbocycles. The van der Waals surface area contributed by atoms with Crippen molar-refractivity contribution in [1.29, 1.82) is 0 Å². The van der Waals surface area contributed by atoms with E-state index >= 15 is 0 Å². The second-order valence-corrected chi connectivity index (χ2v) is 10.8. The van der Waals surface area contributed by atoms with Gasteiger partial charge in [0.15, 0.2) is 6.23 Å². The molecule has 3 atom stereocenters. The lowest BCUT2D eigenvalue weighted by atomic mass is 9.99. The first-order valence-corrected chi connectivity index (χ1v) is 13.7. The number of ketones is 1. The van der Waals surface area contributed by atoms with Crippen LogP contribution >= 0.6 is 27.3 Å². The molecular weight excluding hydrogens is 560 g/mol. The average molecular weight is 586 g/mol. The number of benzene rings is 1. The molecule has 2 aromatic heterocycles. The number of hydrogen-bond acceptors (Lipinski definition) is 10. The minimum absolute atomic E-state index is 0.0284. The highest BCUT2D eigenvalue weighted by Gasteiger charge is 2.28. The first-order chi connectivity index (χ1) is 16.6. The number of halogens is 1. The van der Waals surface area contributed by atoms with E-state index in [-0.39, 0.29) is 17.2 Å². The van der Waals surface area contributed by atoms with Crippen molar-refractivity contribution >= 4 is 49.2 Å². The highest BCUT2D eigenvalue weighted by Crippen LogP contribution is 2.25. The molecule has 0 radical (unpaired) electrons. The van der Waals surface area contributed by atoms with E-state index in [4.69, 9.17) is 5.14 Å². The molecule has 10 nitrogen and oxygen atoms in total. The van der Waals surface area contributed by atoms with Gasteiger partial charge in [0.05, 0.1) is 17.0 Å². The Kier molecular flexibility index (Phi) is 9.47. The number of nitrogens with one attached hydrogen (secondary N) is 1. The first-order valence-electron chi connectivity index (χ1n) is 10.5. The van der Waals surface area contributed by atoms with Gasteiger partial charge < -0.3 is 15.5 Å². The van der Waals surface area contributed by atoms with Crippen molar-refractivity contribution in [2.24, 2.45) is 11.1 Å². The van der Waals surface area contributed by atoms with Gasteiger partial charge in [-0.05, 0) is 47.5 Å². The molecule has 1 aromatic carbocycles. The van der Waals surface area contributed by atoms with Gasteiger partial charge in [-0.1, -0.05) is 35.0 Å². The molecule has 188 valence electrons. The molecule has 0 unspecified atom stereocenters. The third kappa shape index (κ3) is 7.87. The topological polar surface area (TPSA) is 165 Å². The zero-order valence-electron chi connectivity index (χ0n) is 18.7. The standard InChI is InChI=1S/C22H25BrN4O6S2/c1-2-15(10-33-35(24,31)32)19(28)22(30)27-21-17(9-25-12-26-21)20(29)18-8-14(11-34-18)6-13-4-3-5-16(23)7-13/h3-5,7-9,11-12,15,19,22,28,30H,2,6,10H2,1H3,(H2,24,31,32)(H,25,26,27)/t15-,19-,22-/m1/s1. The van der Waals surface area contributed by atoms with Crippen LogP contribution in [0.1, 0.15) is 39.7 Å². The highest BCUT2D eigenvalue weighted by molar-refractivity contribution is 9.10. The van der Waals surface area contributed by atoms with Gasteiger partial charge in [0.1, 0.15) is 18.2 Å². The summed E-state index contributed by atoms with van der Waals surface area (Å²) in [6.07, 6.45) is 0.474. The molecule has 5 N–H and O–H groups in total. The van der Waals surface area contributed by atoms with E-state index in [1.807, 2.05) is 29.6 Å². The summed E-state index contributed by atoms with van der Waals surface area (Å²) >= 11 is 4.74. The number of anilines is 1. The first kappa shape index (κ1) is 27.3. The molecule has 35 heavy (non-hydrogen) atoms. The summed E-state index contributed by atoms with van der Waals surface area (Å²) in [6, 6.07) is 9.70. The number of thiophene rings is 1. The maximum Gasteiger partial charge on any atom is 0.333 e. The predicted octanol–water partition coefficient (Wildman–Crippen LogP) is 2.46. The van der Waals surface area contributed by atoms with Crippen LogP contribution in [0.25, 0.3) is 0 Å². The number of aliphatic hydroxyl groups is 2. The molecule has 0 saturated heterocycles. The Balaban J connectivity index is 1.72. The summed E-state index contributed by atoms with van der Waals surface area (Å²) in [7, 11) is -4.20. The van der Waals surface area contributed by atoms with E-state index in [2.05, 4.69) is 35.4 Å². The number of hydrogen-bond donors (Lipinski definition) is 4. The largest absolute Gasteiger partial charge is 0.388 e. The highest BCUT2D eigenvalue weighted by atomic mass is 79.9. The molecule has 0 fully saturated rings. The fraction of sp³-hybridized carbons (Fsp3) is 0.318. The third-order valence-corrected chi connectivity index (χ3v) is 7.13. The molecule has 0 bridgehead atoms. The average Bonchev–Trinajstić information content (AvgIpc) is 3.27. The second kappa shape index (κ2) is 12.1. The number of carbonyl (C=O) groups is 1. The maximum absolute atomic E-state index is 13.2. The van der Waals surface area contributed by atoms with E-state index in [0.29, 0.717) is 17.7 Å². The van der Waals surface area contributed by atoms with Crippen LogP contribution in [0, 0.1) is 5.92 Å². The van der Waals surface area contributed by atoms with E-state index in [1.165, 1.54) is 23.9 Å². The summed E-state index contributed by atoms with van der Waals surface area (Å²) in [5.41, 5.74) is 2.18. The number of nitrogens with two attached hydrogens (primary N) is 1. The van der Waals surface area contributed by atoms with Crippen LogP contribution in [0.2, 0.25) is 0 Å². The molecule has 0 spiro atoms. The minimum atomic E-state index is -4.20. The molecule has 3 aromatic rings. The summed E-state index contributed by atoms with van der Waals surface area (Å²) in [5.74, 6) is -1.07. The van der Waals surface area contributed by atoms with Gasteiger partial charge in [0.2, 0.25) is 5.78 Å². The molecule has 0 saturated carbocycles. The Morgan fingerprint density at radius 2 is 2.06 bits per heavy atom. The Morgan fingerprint density at radius 1 is 1.29 bits per heavy atom. The molecule has 0 aliphatic rings. The van der Waals surface area contributed by atoms with Gasteiger partial charge in [-0.15, -0.1) is 11.3 Å². The molecule has 0 aliphatic heterocycles. The predicted molar refractivity (Wildman–Crippen MR) is 135 cm³/mol. The molecule has 0 amide bonds. The lowest BCUT2D eigenvalue weighted by molar-refractivity contribution is -0.0163. The van der Waals surface area contributed by atoms with Gasteiger partial charge in [0.25, 0.3) is 0 Å². The van der Waals surface area contributed by atoms with Gasteiger partial charge in [-0.25, -0.2) is 15.1 Å². The van der Waals surface area contributed by atoms with Crippen molar-refractivity contribution in [1.82, 2.24) is 9.97 Å². The van der Waals surface area contributed by atoms with Crippen molar-refractivity contribution in [2.45, 2.75) is 32.1 Å². The summed E-state index contributed by atoms with van der Waals surface area (Å²) in [4.78, 5) is 21.6. The van der Waals surface area contributed by atoms with Crippen molar-refractivity contribution in [2.75, 3.05) is 11.9 Å². The van der Waals surface area contributed by atoms with E-state index in [1.54, 1.807) is 13.0 Å². The second-order valence-electron chi connectivity index (χ2n) is 7.77. The number of rotatable bonds is 12. The maximum atomic E-state index is 13.2. The van der Waals surface area contributed by atoms with Crippen LogP contribution in [0.5, 0.6) is 0 Å². The lowest BCUT2D eigenvalue weighted by Crippen LogP contribution is -2.41. The van der Waals surface area contributed by atoms with Gasteiger partial charge >= 0.3 is 10.3 Å². The van der Waals surface area contributed by atoms with Gasteiger partial charge in [-0.3, -0.25) is 8.98 Å². The SMILES string of the molecule is CC[C@H](COS(N)(=O)=O)[C@@H](O)[C@@H](O)Nc1ncncc1C(=O)c1cc(Cc2cccc(Br)c2)cs1. The third-order valence-electron chi connectivity index (χ3n) is 5.19. The fourth-order valence-electron chi connectivity index (χ4n) is 3.34. The lowest BCUT2D eigenvalue weighted by Gasteiger charge is -2.26. The Morgan fingerprint density at radius 3 is 2.74 bits per heavy atom. The quantitative estimate of drug-likeness (QED) is 0.185. The van der Waals surface area contributed by atoms with Crippen LogP contribution < -0.4 is 10.5 Å². The summed E-state index contributed by atoms with van der Waals surface area (Å²) in [5, 5.41) is 30.3. The van der Waals surface area contributed by atoms with Crippen molar-refractivity contribution in [3.05, 3.63) is 74.3 Å². The number of aromatic nitrogens is 2.